The van der Waals surface area contributed by atoms with E-state index in [0.29, 0.717) is 19.5 Å². The molecule has 0 saturated carbocycles. The fourth-order valence-electron chi connectivity index (χ4n) is 2.74. The van der Waals surface area contributed by atoms with Crippen LogP contribution in [-0.2, 0) is 16.4 Å². The minimum absolute atomic E-state index is 0.164. The van der Waals surface area contributed by atoms with Crippen molar-refractivity contribution in [1.82, 2.24) is 9.88 Å². The lowest BCUT2D eigenvalue weighted by Gasteiger charge is -2.38. The second kappa shape index (κ2) is 5.56. The Bertz CT molecular complexity index is 518. The van der Waals surface area contributed by atoms with Gasteiger partial charge in [0.05, 0.1) is 17.2 Å². The number of hydrogen-bond donors (Lipinski definition) is 1. The zero-order valence-corrected chi connectivity index (χ0v) is 12.1. The van der Waals surface area contributed by atoms with E-state index in [1.807, 2.05) is 25.1 Å². The zero-order chi connectivity index (χ0) is 13.9. The van der Waals surface area contributed by atoms with Gasteiger partial charge in [-0.25, -0.2) is 8.42 Å². The Morgan fingerprint density at radius 2 is 2.26 bits per heavy atom. The number of likely N-dealkylation sites (N-methyl/N-ethyl adjacent to an activating group) is 1. The summed E-state index contributed by atoms with van der Waals surface area (Å²) in [6, 6.07) is 5.77. The fraction of sp³-hybridized carbons (Fsp3) is 0.615. The average Bonchev–Trinajstić information content (AvgIpc) is 2.74. The Balaban J connectivity index is 2.21. The highest BCUT2D eigenvalue weighted by Crippen LogP contribution is 2.30. The van der Waals surface area contributed by atoms with E-state index in [-0.39, 0.29) is 11.5 Å². The highest BCUT2D eigenvalue weighted by molar-refractivity contribution is 7.91. The Hall–Kier alpha value is -0.980. The van der Waals surface area contributed by atoms with Gasteiger partial charge in [0.2, 0.25) is 0 Å². The maximum atomic E-state index is 11.8. The van der Waals surface area contributed by atoms with Crippen molar-refractivity contribution in [3.05, 3.63) is 30.1 Å². The van der Waals surface area contributed by atoms with Crippen molar-refractivity contribution in [3.63, 3.8) is 0 Å². The molecule has 6 heteroatoms. The van der Waals surface area contributed by atoms with E-state index in [1.165, 1.54) is 0 Å². The average molecular weight is 283 g/mol. The van der Waals surface area contributed by atoms with Crippen LogP contribution in [0.25, 0.3) is 0 Å². The van der Waals surface area contributed by atoms with Gasteiger partial charge in [-0.15, -0.1) is 0 Å². The zero-order valence-electron chi connectivity index (χ0n) is 11.2. The number of hydrogen-bond acceptors (Lipinski definition) is 5. The van der Waals surface area contributed by atoms with Crippen LogP contribution in [-0.4, -0.2) is 48.4 Å². The summed E-state index contributed by atoms with van der Waals surface area (Å²) in [5.74, 6) is 0.403. The quantitative estimate of drug-likeness (QED) is 0.847. The summed E-state index contributed by atoms with van der Waals surface area (Å²) >= 11 is 0. The van der Waals surface area contributed by atoms with Gasteiger partial charge in [-0.3, -0.25) is 9.88 Å². The van der Waals surface area contributed by atoms with Crippen molar-refractivity contribution in [2.75, 3.05) is 24.6 Å². The molecule has 1 unspecified atom stereocenters. The van der Waals surface area contributed by atoms with Crippen LogP contribution in [0, 0.1) is 0 Å². The molecule has 0 amide bonds. The van der Waals surface area contributed by atoms with Gasteiger partial charge in [-0.1, -0.05) is 13.0 Å². The Morgan fingerprint density at radius 1 is 1.47 bits per heavy atom. The number of pyridine rings is 1. The van der Waals surface area contributed by atoms with Gasteiger partial charge in [-0.05, 0) is 25.1 Å². The van der Waals surface area contributed by atoms with Gasteiger partial charge in [0.1, 0.15) is 0 Å². The Labute approximate surface area is 114 Å². The number of nitrogens with two attached hydrogens (primary N) is 1. The number of sulfone groups is 1. The third-order valence-electron chi connectivity index (χ3n) is 3.88. The van der Waals surface area contributed by atoms with Crippen molar-refractivity contribution >= 4 is 9.84 Å². The van der Waals surface area contributed by atoms with Crippen molar-refractivity contribution < 1.29 is 8.42 Å². The molecule has 19 heavy (non-hydrogen) atoms. The van der Waals surface area contributed by atoms with Crippen LogP contribution in [0.2, 0.25) is 0 Å². The van der Waals surface area contributed by atoms with Crippen LogP contribution in [0.15, 0.2) is 24.4 Å². The van der Waals surface area contributed by atoms with Crippen LogP contribution in [0.1, 0.15) is 19.0 Å². The molecule has 5 nitrogen and oxygen atoms in total. The molecule has 2 rings (SSSR count). The summed E-state index contributed by atoms with van der Waals surface area (Å²) < 4.78 is 23.6. The first-order valence-corrected chi connectivity index (χ1v) is 8.39. The molecule has 2 heterocycles. The van der Waals surface area contributed by atoms with Crippen LogP contribution in [0.4, 0.5) is 0 Å². The van der Waals surface area contributed by atoms with Crippen molar-refractivity contribution in [1.29, 1.82) is 0 Å². The summed E-state index contributed by atoms with van der Waals surface area (Å²) in [5.41, 5.74) is 6.41. The maximum absolute atomic E-state index is 11.8. The second-order valence-corrected chi connectivity index (χ2v) is 7.29. The van der Waals surface area contributed by atoms with E-state index in [2.05, 4.69) is 9.88 Å². The van der Waals surface area contributed by atoms with E-state index < -0.39 is 15.4 Å². The molecular formula is C13H21N3O2S. The molecule has 1 fully saturated rings. The van der Waals surface area contributed by atoms with Crippen molar-refractivity contribution in [2.24, 2.45) is 5.73 Å². The van der Waals surface area contributed by atoms with E-state index in [0.717, 1.165) is 12.2 Å². The standard InChI is InChI=1S/C13H21N3O2S/c1-2-16(9-12-5-3-4-7-15-12)13(10-14)6-8-19(17,18)11-13/h3-5,7H,2,6,8-11,14H2,1H3. The summed E-state index contributed by atoms with van der Waals surface area (Å²) in [6.07, 6.45) is 2.37. The van der Waals surface area contributed by atoms with Gasteiger partial charge >= 0.3 is 0 Å². The van der Waals surface area contributed by atoms with Gasteiger partial charge < -0.3 is 5.73 Å². The van der Waals surface area contributed by atoms with E-state index >= 15 is 0 Å². The lowest BCUT2D eigenvalue weighted by atomic mass is 9.96. The summed E-state index contributed by atoms with van der Waals surface area (Å²) in [5, 5.41) is 0. The summed E-state index contributed by atoms with van der Waals surface area (Å²) in [7, 11) is -2.96. The Kier molecular flexibility index (Phi) is 4.23. The number of rotatable bonds is 5. The molecular weight excluding hydrogens is 262 g/mol. The molecule has 1 aromatic heterocycles. The van der Waals surface area contributed by atoms with Crippen molar-refractivity contribution in [3.8, 4) is 0 Å². The number of aromatic nitrogens is 1. The van der Waals surface area contributed by atoms with Gasteiger partial charge in [0.15, 0.2) is 9.84 Å². The van der Waals surface area contributed by atoms with Crippen LogP contribution in [0.3, 0.4) is 0 Å². The smallest absolute Gasteiger partial charge is 0.152 e. The molecule has 1 atom stereocenters. The summed E-state index contributed by atoms with van der Waals surface area (Å²) in [4.78, 5) is 6.46. The summed E-state index contributed by atoms with van der Waals surface area (Å²) in [6.45, 7) is 3.81. The SMILES string of the molecule is CCN(Cc1ccccn1)C1(CN)CCS(=O)(=O)C1. The minimum Gasteiger partial charge on any atom is -0.329 e. The molecule has 0 radical (unpaired) electrons. The van der Waals surface area contributed by atoms with Crippen LogP contribution >= 0.6 is 0 Å². The van der Waals surface area contributed by atoms with E-state index in [9.17, 15) is 8.42 Å². The molecule has 0 bridgehead atoms. The highest BCUT2D eigenvalue weighted by Gasteiger charge is 2.45. The first-order chi connectivity index (χ1) is 9.01. The molecule has 0 aliphatic carbocycles. The highest BCUT2D eigenvalue weighted by atomic mass is 32.2. The lowest BCUT2D eigenvalue weighted by molar-refractivity contribution is 0.113. The van der Waals surface area contributed by atoms with E-state index in [4.69, 9.17) is 5.73 Å². The molecule has 0 spiro atoms. The topological polar surface area (TPSA) is 76.3 Å². The molecule has 106 valence electrons. The van der Waals surface area contributed by atoms with Crippen LogP contribution in [0.5, 0.6) is 0 Å². The van der Waals surface area contributed by atoms with Gasteiger partial charge in [0.25, 0.3) is 0 Å². The lowest BCUT2D eigenvalue weighted by Crippen LogP contribution is -2.54. The first kappa shape index (κ1) is 14.4. The fourth-order valence-corrected chi connectivity index (χ4v) is 4.84. The normalized spacial score (nSPS) is 25.8. The Morgan fingerprint density at radius 3 is 2.74 bits per heavy atom. The minimum atomic E-state index is -2.96. The largest absolute Gasteiger partial charge is 0.329 e. The maximum Gasteiger partial charge on any atom is 0.152 e. The molecule has 1 aromatic rings. The monoisotopic (exact) mass is 283 g/mol. The molecule has 2 N–H and O–H groups in total. The third kappa shape index (κ3) is 3.13. The van der Waals surface area contributed by atoms with Crippen LogP contribution < -0.4 is 5.73 Å². The predicted molar refractivity (Wildman–Crippen MR) is 75.4 cm³/mol. The second-order valence-electron chi connectivity index (χ2n) is 5.11. The number of nitrogens with zero attached hydrogens (tertiary/aromatic N) is 2. The first-order valence-electron chi connectivity index (χ1n) is 6.57. The van der Waals surface area contributed by atoms with Gasteiger partial charge in [0, 0.05) is 24.8 Å². The molecule has 1 aliphatic rings. The molecule has 0 aromatic carbocycles. The van der Waals surface area contributed by atoms with Crippen molar-refractivity contribution in [2.45, 2.75) is 25.4 Å². The predicted octanol–water partition coefficient (Wildman–Crippen LogP) is 0.420. The molecule has 1 aliphatic heterocycles. The molecule has 1 saturated heterocycles. The third-order valence-corrected chi connectivity index (χ3v) is 5.68. The van der Waals surface area contributed by atoms with Gasteiger partial charge in [-0.2, -0.15) is 0 Å². The van der Waals surface area contributed by atoms with E-state index in [1.54, 1.807) is 6.20 Å².